The van der Waals surface area contributed by atoms with Crippen LogP contribution in [-0.2, 0) is 4.79 Å². The largest absolute Gasteiger partial charge is 0.341 e. The minimum absolute atomic E-state index is 0.0390. The highest BCUT2D eigenvalue weighted by molar-refractivity contribution is 5.86. The second kappa shape index (κ2) is 7.09. The van der Waals surface area contributed by atoms with Gasteiger partial charge in [-0.25, -0.2) is 4.79 Å². The van der Waals surface area contributed by atoms with Gasteiger partial charge in [0.15, 0.2) is 0 Å². The molecule has 0 fully saturated rings. The number of amides is 3. The van der Waals surface area contributed by atoms with E-state index in [1.165, 1.54) is 4.90 Å². The average Bonchev–Trinajstić information content (AvgIpc) is 2.29. The van der Waals surface area contributed by atoms with E-state index in [-0.39, 0.29) is 11.9 Å². The second-order valence-electron chi connectivity index (χ2n) is 3.70. The van der Waals surface area contributed by atoms with E-state index in [0.717, 1.165) is 0 Å². The smallest absolute Gasteiger partial charge is 0.317 e. The van der Waals surface area contributed by atoms with Crippen LogP contribution in [0.4, 0.5) is 4.79 Å². The van der Waals surface area contributed by atoms with Crippen molar-refractivity contribution < 1.29 is 9.59 Å². The van der Waals surface area contributed by atoms with Gasteiger partial charge in [0.25, 0.3) is 0 Å². The summed E-state index contributed by atoms with van der Waals surface area (Å²) in [6.45, 7) is 9.40. The maximum atomic E-state index is 11.8. The van der Waals surface area contributed by atoms with Crippen molar-refractivity contribution in [3.05, 3.63) is 0 Å². The highest BCUT2D eigenvalue weighted by atomic mass is 16.2. The van der Waals surface area contributed by atoms with E-state index in [0.29, 0.717) is 19.6 Å². The first-order chi connectivity index (χ1) is 7.47. The van der Waals surface area contributed by atoms with E-state index in [2.05, 4.69) is 5.32 Å². The van der Waals surface area contributed by atoms with Crippen molar-refractivity contribution in [3.8, 4) is 0 Å². The average molecular weight is 229 g/mol. The molecule has 0 aromatic heterocycles. The molecule has 0 aliphatic carbocycles. The van der Waals surface area contributed by atoms with Gasteiger partial charge < -0.3 is 15.1 Å². The van der Waals surface area contributed by atoms with Crippen molar-refractivity contribution in [2.75, 3.05) is 26.7 Å². The first-order valence-electron chi connectivity index (χ1n) is 5.78. The van der Waals surface area contributed by atoms with E-state index in [1.807, 2.05) is 20.8 Å². The Kier molecular flexibility index (Phi) is 6.53. The van der Waals surface area contributed by atoms with Crippen molar-refractivity contribution in [2.24, 2.45) is 0 Å². The van der Waals surface area contributed by atoms with Crippen LogP contribution in [0.5, 0.6) is 0 Å². The summed E-state index contributed by atoms with van der Waals surface area (Å²) in [4.78, 5) is 26.6. The zero-order valence-electron chi connectivity index (χ0n) is 10.9. The molecule has 0 saturated heterocycles. The first-order valence-corrected chi connectivity index (χ1v) is 5.78. The number of hydrogen-bond acceptors (Lipinski definition) is 2. The quantitative estimate of drug-likeness (QED) is 0.761. The zero-order valence-corrected chi connectivity index (χ0v) is 10.9. The molecule has 94 valence electrons. The molecule has 1 unspecified atom stereocenters. The molecule has 1 atom stereocenters. The minimum Gasteiger partial charge on any atom is -0.341 e. The molecule has 1 N–H and O–H groups in total. The van der Waals surface area contributed by atoms with E-state index < -0.39 is 6.04 Å². The van der Waals surface area contributed by atoms with Crippen LogP contribution in [0.3, 0.4) is 0 Å². The molecule has 0 heterocycles. The van der Waals surface area contributed by atoms with Crippen molar-refractivity contribution in [3.63, 3.8) is 0 Å². The molecule has 0 rings (SSSR count). The van der Waals surface area contributed by atoms with Crippen LogP contribution in [0.2, 0.25) is 0 Å². The molecule has 5 heteroatoms. The maximum absolute atomic E-state index is 11.8. The van der Waals surface area contributed by atoms with Crippen LogP contribution in [-0.4, -0.2) is 54.5 Å². The van der Waals surface area contributed by atoms with Gasteiger partial charge in [-0.1, -0.05) is 0 Å². The lowest BCUT2D eigenvalue weighted by Gasteiger charge is -2.25. The molecule has 0 aliphatic heterocycles. The van der Waals surface area contributed by atoms with Gasteiger partial charge >= 0.3 is 6.03 Å². The Morgan fingerprint density at radius 1 is 1.12 bits per heavy atom. The Hall–Kier alpha value is -1.26. The molecule has 3 amide bonds. The highest BCUT2D eigenvalue weighted by Crippen LogP contribution is 1.96. The summed E-state index contributed by atoms with van der Waals surface area (Å²) < 4.78 is 0. The van der Waals surface area contributed by atoms with Gasteiger partial charge in [-0.15, -0.1) is 0 Å². The Balaban J connectivity index is 4.29. The van der Waals surface area contributed by atoms with Crippen LogP contribution in [0.25, 0.3) is 0 Å². The number of nitrogens with zero attached hydrogens (tertiary/aromatic N) is 2. The summed E-state index contributed by atoms with van der Waals surface area (Å²) in [7, 11) is 1.70. The lowest BCUT2D eigenvalue weighted by atomic mass is 10.3. The third kappa shape index (κ3) is 4.08. The molecule has 0 bridgehead atoms. The number of carbonyl (C=O) groups excluding carboxylic acids is 2. The van der Waals surface area contributed by atoms with Gasteiger partial charge in [0.1, 0.15) is 6.04 Å². The summed E-state index contributed by atoms with van der Waals surface area (Å²) in [6, 6.07) is -0.683. The topological polar surface area (TPSA) is 52.7 Å². The molecule has 5 nitrogen and oxygen atoms in total. The Morgan fingerprint density at radius 2 is 1.62 bits per heavy atom. The van der Waals surface area contributed by atoms with Crippen molar-refractivity contribution >= 4 is 11.9 Å². The fourth-order valence-electron chi connectivity index (χ4n) is 1.31. The number of hydrogen-bond donors (Lipinski definition) is 1. The molecule has 16 heavy (non-hydrogen) atoms. The van der Waals surface area contributed by atoms with Gasteiger partial charge in [0.2, 0.25) is 5.91 Å². The summed E-state index contributed by atoms with van der Waals surface area (Å²) in [5.74, 6) is -0.0390. The van der Waals surface area contributed by atoms with Gasteiger partial charge in [-0.05, 0) is 27.7 Å². The molecular formula is C11H23N3O2. The Morgan fingerprint density at radius 3 is 2.00 bits per heavy atom. The second-order valence-corrected chi connectivity index (χ2v) is 3.70. The van der Waals surface area contributed by atoms with E-state index in [9.17, 15) is 9.59 Å². The normalized spacial score (nSPS) is 11.8. The third-order valence-corrected chi connectivity index (χ3v) is 2.61. The van der Waals surface area contributed by atoms with Crippen LogP contribution >= 0.6 is 0 Å². The molecule has 0 aromatic carbocycles. The summed E-state index contributed by atoms with van der Waals surface area (Å²) in [5, 5.41) is 2.68. The van der Waals surface area contributed by atoms with Crippen molar-refractivity contribution in [2.45, 2.75) is 33.7 Å². The third-order valence-electron chi connectivity index (χ3n) is 2.61. The predicted molar refractivity (Wildman–Crippen MR) is 64.2 cm³/mol. The van der Waals surface area contributed by atoms with Crippen molar-refractivity contribution in [1.82, 2.24) is 15.1 Å². The minimum atomic E-state index is -0.471. The van der Waals surface area contributed by atoms with Gasteiger partial charge in [0, 0.05) is 26.7 Å². The van der Waals surface area contributed by atoms with Gasteiger partial charge in [-0.3, -0.25) is 4.79 Å². The summed E-state index contributed by atoms with van der Waals surface area (Å²) in [5.41, 5.74) is 0. The summed E-state index contributed by atoms with van der Waals surface area (Å²) in [6.07, 6.45) is 0. The van der Waals surface area contributed by atoms with E-state index in [1.54, 1.807) is 18.9 Å². The fraction of sp³-hybridized carbons (Fsp3) is 0.818. The predicted octanol–water partition coefficient (Wildman–Crippen LogP) is 0.905. The van der Waals surface area contributed by atoms with Crippen LogP contribution in [0, 0.1) is 0 Å². The highest BCUT2D eigenvalue weighted by Gasteiger charge is 2.20. The number of rotatable bonds is 5. The van der Waals surface area contributed by atoms with Gasteiger partial charge in [-0.2, -0.15) is 0 Å². The number of likely N-dealkylation sites (N-methyl/N-ethyl adjacent to an activating group) is 1. The maximum Gasteiger partial charge on any atom is 0.317 e. The van der Waals surface area contributed by atoms with E-state index >= 15 is 0 Å². The van der Waals surface area contributed by atoms with Crippen molar-refractivity contribution in [1.29, 1.82) is 0 Å². The first kappa shape index (κ1) is 14.7. The molecule has 0 radical (unpaired) electrons. The molecule has 0 saturated carbocycles. The van der Waals surface area contributed by atoms with Crippen LogP contribution in [0.1, 0.15) is 27.7 Å². The molecular weight excluding hydrogens is 206 g/mol. The fourth-order valence-corrected chi connectivity index (χ4v) is 1.31. The van der Waals surface area contributed by atoms with Gasteiger partial charge in [0.05, 0.1) is 0 Å². The molecule has 0 spiro atoms. The Bertz CT molecular complexity index is 239. The Labute approximate surface area is 97.8 Å². The van der Waals surface area contributed by atoms with Crippen LogP contribution in [0.15, 0.2) is 0 Å². The number of nitrogens with one attached hydrogen (secondary N) is 1. The van der Waals surface area contributed by atoms with Crippen LogP contribution < -0.4 is 5.32 Å². The standard InChI is InChI=1S/C11H23N3O2/c1-6-13(5)11(16)12-9(4)10(15)14(7-2)8-3/h9H,6-8H2,1-5H3,(H,12,16). The molecule has 0 aromatic rings. The summed E-state index contributed by atoms with van der Waals surface area (Å²) >= 11 is 0. The lowest BCUT2D eigenvalue weighted by Crippen LogP contribution is -2.50. The monoisotopic (exact) mass is 229 g/mol. The molecule has 0 aliphatic rings. The lowest BCUT2D eigenvalue weighted by molar-refractivity contribution is -0.132. The zero-order chi connectivity index (χ0) is 12.7. The number of urea groups is 1. The SMILES string of the molecule is CCN(C)C(=O)NC(C)C(=O)N(CC)CC. The van der Waals surface area contributed by atoms with E-state index in [4.69, 9.17) is 0 Å². The number of carbonyl (C=O) groups is 2.